The minimum atomic E-state index is -0.402. The van der Waals surface area contributed by atoms with E-state index in [9.17, 15) is 4.79 Å². The molecule has 0 saturated heterocycles. The molecule has 2 heterocycles. The van der Waals surface area contributed by atoms with Gasteiger partial charge < -0.3 is 14.8 Å². The van der Waals surface area contributed by atoms with Gasteiger partial charge in [-0.2, -0.15) is 0 Å². The molecule has 0 spiro atoms. The Balaban J connectivity index is 1.49. The Hall–Kier alpha value is -2.97. The average Bonchev–Trinajstić information content (AvgIpc) is 3.36. The molecule has 0 aliphatic carbocycles. The maximum absolute atomic E-state index is 12.7. The van der Waals surface area contributed by atoms with E-state index >= 15 is 0 Å². The van der Waals surface area contributed by atoms with E-state index in [-0.39, 0.29) is 12.7 Å². The van der Waals surface area contributed by atoms with Gasteiger partial charge in [0.1, 0.15) is 0 Å². The van der Waals surface area contributed by atoms with Crippen molar-refractivity contribution in [2.75, 3.05) is 12.1 Å². The Morgan fingerprint density at radius 1 is 1.27 bits per heavy atom. The summed E-state index contributed by atoms with van der Waals surface area (Å²) >= 11 is 7.31. The van der Waals surface area contributed by atoms with E-state index in [0.29, 0.717) is 39.7 Å². The molecular weight excluding hydrogens is 424 g/mol. The van der Waals surface area contributed by atoms with Crippen molar-refractivity contribution in [3.05, 3.63) is 60.1 Å². The topological polar surface area (TPSA) is 78.3 Å². The number of allylic oxidation sites excluding steroid dienone is 1. The molecule has 2 aromatic carbocycles. The predicted octanol–water partition coefficient (Wildman–Crippen LogP) is 4.63. The maximum Gasteiger partial charge on any atom is 0.237 e. The summed E-state index contributed by atoms with van der Waals surface area (Å²) in [4.78, 5) is 12.7. The average molecular weight is 443 g/mol. The number of nitrogens with zero attached hydrogens (tertiary/aromatic N) is 3. The van der Waals surface area contributed by atoms with E-state index in [1.165, 1.54) is 11.8 Å². The molecular formula is C21H19ClN4O3S. The fourth-order valence-corrected chi connectivity index (χ4v) is 3.90. The van der Waals surface area contributed by atoms with Gasteiger partial charge in [-0.25, -0.2) is 0 Å². The second-order valence-electron chi connectivity index (χ2n) is 6.53. The van der Waals surface area contributed by atoms with Gasteiger partial charge in [0.15, 0.2) is 22.5 Å². The van der Waals surface area contributed by atoms with Crippen molar-refractivity contribution in [1.82, 2.24) is 14.8 Å². The normalized spacial score (nSPS) is 13.1. The summed E-state index contributed by atoms with van der Waals surface area (Å²) in [7, 11) is 0. The van der Waals surface area contributed by atoms with Crippen LogP contribution in [0, 0.1) is 0 Å². The van der Waals surface area contributed by atoms with Gasteiger partial charge in [-0.05, 0) is 43.3 Å². The van der Waals surface area contributed by atoms with Crippen molar-refractivity contribution in [3.8, 4) is 22.9 Å². The Bertz CT molecular complexity index is 1080. The lowest BCUT2D eigenvalue weighted by Gasteiger charge is -2.13. The summed E-state index contributed by atoms with van der Waals surface area (Å²) in [6, 6.07) is 12.7. The first-order chi connectivity index (χ1) is 14.5. The summed E-state index contributed by atoms with van der Waals surface area (Å²) in [6.07, 6.45) is 1.77. The van der Waals surface area contributed by atoms with Crippen LogP contribution >= 0.6 is 23.4 Å². The molecule has 0 fully saturated rings. The molecule has 1 amide bonds. The first-order valence-electron chi connectivity index (χ1n) is 9.22. The maximum atomic E-state index is 12.7. The lowest BCUT2D eigenvalue weighted by molar-refractivity contribution is -0.115. The van der Waals surface area contributed by atoms with Crippen molar-refractivity contribution < 1.29 is 14.3 Å². The van der Waals surface area contributed by atoms with Gasteiger partial charge in [0, 0.05) is 28.9 Å². The third-order valence-electron chi connectivity index (χ3n) is 4.42. The van der Waals surface area contributed by atoms with Crippen molar-refractivity contribution in [3.63, 3.8) is 0 Å². The number of amides is 1. The molecule has 0 unspecified atom stereocenters. The number of rotatable bonds is 7. The second kappa shape index (κ2) is 8.81. The molecule has 30 heavy (non-hydrogen) atoms. The van der Waals surface area contributed by atoms with Crippen LogP contribution in [-0.4, -0.2) is 32.7 Å². The van der Waals surface area contributed by atoms with Crippen LogP contribution < -0.4 is 14.8 Å². The highest BCUT2D eigenvalue weighted by molar-refractivity contribution is 8.00. The van der Waals surface area contributed by atoms with Crippen LogP contribution in [0.25, 0.3) is 11.4 Å². The largest absolute Gasteiger partial charge is 0.454 e. The Labute approximate surface area is 183 Å². The zero-order valence-electron chi connectivity index (χ0n) is 16.2. The molecule has 1 atom stereocenters. The van der Waals surface area contributed by atoms with Crippen LogP contribution in [0.5, 0.6) is 11.5 Å². The van der Waals surface area contributed by atoms with E-state index in [4.69, 9.17) is 21.1 Å². The molecule has 9 heteroatoms. The zero-order valence-corrected chi connectivity index (χ0v) is 17.7. The standard InChI is InChI=1S/C21H19ClN4O3S/c1-3-10-26-19(14-4-6-15(22)7-5-14)24-25-21(26)30-13(2)20(27)23-16-8-9-17-18(11-16)29-12-28-17/h3-9,11,13H,1,10,12H2,2H3,(H,23,27)/t13-/m0/s1. The first-order valence-corrected chi connectivity index (χ1v) is 10.5. The van der Waals surface area contributed by atoms with Crippen LogP contribution in [0.2, 0.25) is 5.02 Å². The van der Waals surface area contributed by atoms with Crippen molar-refractivity contribution in [2.45, 2.75) is 23.9 Å². The molecule has 0 saturated carbocycles. The third-order valence-corrected chi connectivity index (χ3v) is 5.75. The first kappa shape index (κ1) is 20.3. The molecule has 4 rings (SSSR count). The van der Waals surface area contributed by atoms with Crippen LogP contribution in [-0.2, 0) is 11.3 Å². The van der Waals surface area contributed by atoms with E-state index in [0.717, 1.165) is 5.56 Å². The summed E-state index contributed by atoms with van der Waals surface area (Å²) in [5.74, 6) is 1.83. The second-order valence-corrected chi connectivity index (χ2v) is 8.27. The van der Waals surface area contributed by atoms with Crippen molar-refractivity contribution in [1.29, 1.82) is 0 Å². The van der Waals surface area contributed by atoms with Gasteiger partial charge in [-0.1, -0.05) is 29.4 Å². The van der Waals surface area contributed by atoms with Gasteiger partial charge in [0.2, 0.25) is 12.7 Å². The monoisotopic (exact) mass is 442 g/mol. The Kier molecular flexibility index (Phi) is 5.96. The molecule has 154 valence electrons. The van der Waals surface area contributed by atoms with Gasteiger partial charge >= 0.3 is 0 Å². The number of nitrogens with one attached hydrogen (secondary N) is 1. The minimum Gasteiger partial charge on any atom is -0.454 e. The number of carbonyl (C=O) groups is 1. The van der Waals surface area contributed by atoms with Crippen LogP contribution in [0.15, 0.2) is 60.3 Å². The highest BCUT2D eigenvalue weighted by Gasteiger charge is 2.21. The fraction of sp³-hybridized carbons (Fsp3) is 0.190. The fourth-order valence-electron chi connectivity index (χ4n) is 2.91. The lowest BCUT2D eigenvalue weighted by atomic mass is 10.2. The highest BCUT2D eigenvalue weighted by Crippen LogP contribution is 2.34. The molecule has 1 aliphatic heterocycles. The Morgan fingerprint density at radius 2 is 2.03 bits per heavy atom. The number of hydrogen-bond acceptors (Lipinski definition) is 6. The number of fused-ring (bicyclic) bond motifs is 1. The molecule has 7 nitrogen and oxygen atoms in total. The number of benzene rings is 2. The van der Waals surface area contributed by atoms with Crippen molar-refractivity contribution in [2.24, 2.45) is 0 Å². The zero-order chi connectivity index (χ0) is 21.1. The minimum absolute atomic E-state index is 0.153. The Morgan fingerprint density at radius 3 is 2.80 bits per heavy atom. The number of ether oxygens (including phenoxy) is 2. The third kappa shape index (κ3) is 4.29. The summed E-state index contributed by atoms with van der Waals surface area (Å²) in [5.41, 5.74) is 1.53. The molecule has 1 aliphatic rings. The smallest absolute Gasteiger partial charge is 0.237 e. The van der Waals surface area contributed by atoms with E-state index < -0.39 is 5.25 Å². The van der Waals surface area contributed by atoms with E-state index in [1.807, 2.05) is 23.6 Å². The van der Waals surface area contributed by atoms with E-state index in [1.54, 1.807) is 36.4 Å². The molecule has 0 bridgehead atoms. The number of carbonyl (C=O) groups excluding carboxylic acids is 1. The lowest BCUT2D eigenvalue weighted by Crippen LogP contribution is -2.23. The molecule has 1 aromatic heterocycles. The van der Waals surface area contributed by atoms with Gasteiger partial charge in [-0.3, -0.25) is 9.36 Å². The number of hydrogen-bond donors (Lipinski definition) is 1. The van der Waals surface area contributed by atoms with Gasteiger partial charge in [-0.15, -0.1) is 16.8 Å². The molecule has 0 radical (unpaired) electrons. The number of aromatic nitrogens is 3. The molecule has 1 N–H and O–H groups in total. The SMILES string of the molecule is C=CCn1c(S[C@@H](C)C(=O)Nc2ccc3c(c2)OCO3)nnc1-c1ccc(Cl)cc1. The van der Waals surface area contributed by atoms with E-state index in [2.05, 4.69) is 22.1 Å². The number of anilines is 1. The number of halogens is 1. The van der Waals surface area contributed by atoms with Crippen LogP contribution in [0.3, 0.4) is 0 Å². The summed E-state index contributed by atoms with van der Waals surface area (Å²) < 4.78 is 12.6. The van der Waals surface area contributed by atoms with Crippen LogP contribution in [0.1, 0.15) is 6.92 Å². The summed E-state index contributed by atoms with van der Waals surface area (Å²) in [6.45, 7) is 6.34. The quantitative estimate of drug-likeness (QED) is 0.424. The predicted molar refractivity (Wildman–Crippen MR) is 117 cm³/mol. The van der Waals surface area contributed by atoms with Crippen molar-refractivity contribution >= 4 is 35.0 Å². The van der Waals surface area contributed by atoms with Gasteiger partial charge in [0.25, 0.3) is 0 Å². The molecule has 3 aromatic rings. The number of thioether (sulfide) groups is 1. The van der Waals surface area contributed by atoms with Crippen LogP contribution in [0.4, 0.5) is 5.69 Å². The summed E-state index contributed by atoms with van der Waals surface area (Å²) in [5, 5.41) is 12.4. The van der Waals surface area contributed by atoms with Gasteiger partial charge in [0.05, 0.1) is 5.25 Å². The highest BCUT2D eigenvalue weighted by atomic mass is 35.5.